The van der Waals surface area contributed by atoms with Gasteiger partial charge in [-0.2, -0.15) is 0 Å². The molecule has 0 rings (SSSR count). The van der Waals surface area contributed by atoms with Crippen LogP contribution in [0, 0.1) is 0 Å². The molecule has 0 saturated heterocycles. The van der Waals surface area contributed by atoms with E-state index in [0.717, 1.165) is 12.2 Å². The van der Waals surface area contributed by atoms with E-state index < -0.39 is 30.3 Å². The van der Waals surface area contributed by atoms with Gasteiger partial charge in [0, 0.05) is 12.2 Å². The second-order valence-corrected chi connectivity index (χ2v) is 4.18. The highest BCUT2D eigenvalue weighted by Gasteiger charge is 1.84. The molecule has 10 nitrogen and oxygen atoms in total. The largest absolute Gasteiger partial charge is 0.478 e. The van der Waals surface area contributed by atoms with Gasteiger partial charge in [0.1, 0.15) is 0 Å². The van der Waals surface area contributed by atoms with E-state index in [4.69, 9.17) is 40.9 Å². The normalized spacial score (nSPS) is 11.6. The van der Waals surface area contributed by atoms with Gasteiger partial charge in [-0.25, -0.2) is 9.59 Å². The van der Waals surface area contributed by atoms with E-state index >= 15 is 0 Å². The predicted octanol–water partition coefficient (Wildman–Crippen LogP) is -1.41. The Morgan fingerprint density at radius 1 is 0.720 bits per heavy atom. The Morgan fingerprint density at radius 2 is 0.800 bits per heavy atom. The van der Waals surface area contributed by atoms with Crippen molar-refractivity contribution in [2.75, 3.05) is 19.8 Å². The smallest absolute Gasteiger partial charge is 0.327 e. The second kappa shape index (κ2) is 30.1. The summed E-state index contributed by atoms with van der Waals surface area (Å²) >= 11 is 0. The van der Waals surface area contributed by atoms with Crippen LogP contribution in [-0.4, -0.2) is 90.9 Å². The lowest BCUT2D eigenvalue weighted by Crippen LogP contribution is -2.03. The molecule has 0 aliphatic rings. The van der Waals surface area contributed by atoms with Crippen molar-refractivity contribution in [2.45, 2.75) is 39.1 Å². The minimum atomic E-state index is -0.981. The molecule has 0 saturated carbocycles. The van der Waals surface area contributed by atoms with Crippen molar-refractivity contribution in [3.63, 3.8) is 0 Å². The van der Waals surface area contributed by atoms with Crippen LogP contribution in [0.1, 0.15) is 20.8 Å². The van der Waals surface area contributed by atoms with Gasteiger partial charge in [0.25, 0.3) is 0 Å². The lowest BCUT2D eigenvalue weighted by atomic mass is 10.5. The van der Waals surface area contributed by atoms with Crippen LogP contribution in [0.5, 0.6) is 0 Å². The molecule has 0 spiro atoms. The average molecular weight is 372 g/mol. The average Bonchev–Trinajstić information content (AvgIpc) is 2.56. The van der Waals surface area contributed by atoms with Crippen LogP contribution < -0.4 is 0 Å². The van der Waals surface area contributed by atoms with Gasteiger partial charge in [0.05, 0.1) is 38.1 Å². The van der Waals surface area contributed by atoms with Gasteiger partial charge in [-0.15, -0.1) is 0 Å². The standard InChI is InChI=1S/3C3H8O2.2C3H4O2/c3*1-3(5)2-4;2*1-2-3(4)5/h3*3-5H,2H2,1H3;2*2H,1H2,(H,4,5). The summed E-state index contributed by atoms with van der Waals surface area (Å²) in [6, 6.07) is 0. The van der Waals surface area contributed by atoms with E-state index in [0.29, 0.717) is 0 Å². The highest BCUT2D eigenvalue weighted by molar-refractivity contribution is 5.79. The van der Waals surface area contributed by atoms with E-state index in [-0.39, 0.29) is 19.8 Å². The molecule has 0 radical (unpaired) electrons. The third kappa shape index (κ3) is 135. The van der Waals surface area contributed by atoms with Crippen LogP contribution in [0.15, 0.2) is 25.3 Å². The van der Waals surface area contributed by atoms with Crippen LogP contribution in [-0.2, 0) is 9.59 Å². The molecule has 25 heavy (non-hydrogen) atoms. The van der Waals surface area contributed by atoms with Crippen LogP contribution in [0.2, 0.25) is 0 Å². The van der Waals surface area contributed by atoms with Gasteiger partial charge in [-0.3, -0.25) is 0 Å². The lowest BCUT2D eigenvalue weighted by molar-refractivity contribution is -0.132. The third-order valence-corrected chi connectivity index (χ3v) is 1.14. The zero-order chi connectivity index (χ0) is 21.4. The summed E-state index contributed by atoms with van der Waals surface area (Å²) < 4.78 is 0. The predicted molar refractivity (Wildman–Crippen MR) is 92.0 cm³/mol. The van der Waals surface area contributed by atoms with Crippen molar-refractivity contribution in [1.29, 1.82) is 0 Å². The molecular weight excluding hydrogens is 340 g/mol. The Hall–Kier alpha value is -1.82. The Balaban J connectivity index is -0.0000000667. The van der Waals surface area contributed by atoms with Crippen molar-refractivity contribution in [2.24, 2.45) is 0 Å². The van der Waals surface area contributed by atoms with Crippen molar-refractivity contribution < 1.29 is 50.4 Å². The number of carbonyl (C=O) groups is 2. The molecule has 0 aromatic rings. The van der Waals surface area contributed by atoms with Crippen molar-refractivity contribution >= 4 is 11.9 Å². The zero-order valence-electron chi connectivity index (χ0n) is 14.8. The van der Waals surface area contributed by atoms with Crippen LogP contribution in [0.25, 0.3) is 0 Å². The number of hydrogen-bond donors (Lipinski definition) is 8. The lowest BCUT2D eigenvalue weighted by Gasteiger charge is -1.90. The molecule has 0 aromatic carbocycles. The van der Waals surface area contributed by atoms with Gasteiger partial charge >= 0.3 is 11.9 Å². The highest BCUT2D eigenvalue weighted by atomic mass is 16.4. The van der Waals surface area contributed by atoms with E-state index in [1.165, 1.54) is 20.8 Å². The molecule has 0 bridgehead atoms. The van der Waals surface area contributed by atoms with Gasteiger partial charge in [0.2, 0.25) is 0 Å². The Morgan fingerprint density at radius 3 is 0.800 bits per heavy atom. The van der Waals surface area contributed by atoms with Crippen molar-refractivity contribution in [1.82, 2.24) is 0 Å². The number of carboxylic acids is 2. The number of rotatable bonds is 5. The second-order valence-electron chi connectivity index (χ2n) is 4.18. The molecule has 0 fully saturated rings. The molecule has 0 aliphatic heterocycles. The summed E-state index contributed by atoms with van der Waals surface area (Å²) in [5.41, 5.74) is 0. The van der Waals surface area contributed by atoms with Gasteiger partial charge in [-0.1, -0.05) is 13.2 Å². The maximum atomic E-state index is 9.25. The first-order chi connectivity index (χ1) is 11.4. The molecule has 8 N–H and O–H groups in total. The summed E-state index contributed by atoms with van der Waals surface area (Å²) in [7, 11) is 0. The molecule has 152 valence electrons. The molecular formula is C15H32O10. The number of aliphatic hydroxyl groups excluding tert-OH is 6. The number of carboxylic acid groups (broad SMARTS) is 2. The number of aliphatic hydroxyl groups is 6. The summed E-state index contributed by atoms with van der Waals surface area (Å²) in [6.07, 6.45) is -0.0139. The van der Waals surface area contributed by atoms with Crippen LogP contribution in [0.3, 0.4) is 0 Å². The molecule has 0 amide bonds. The maximum Gasteiger partial charge on any atom is 0.327 e. The third-order valence-electron chi connectivity index (χ3n) is 1.14. The summed E-state index contributed by atoms with van der Waals surface area (Å²) in [5, 5.41) is 63.2. The molecule has 0 heterocycles. The minimum Gasteiger partial charge on any atom is -0.478 e. The van der Waals surface area contributed by atoms with Gasteiger partial charge in [0.15, 0.2) is 0 Å². The molecule has 0 aromatic heterocycles. The zero-order valence-corrected chi connectivity index (χ0v) is 14.8. The minimum absolute atomic E-state index is 0.139. The summed E-state index contributed by atoms with van der Waals surface area (Å²) in [6.45, 7) is 10.1. The van der Waals surface area contributed by atoms with Gasteiger partial charge < -0.3 is 40.9 Å². The van der Waals surface area contributed by atoms with Crippen LogP contribution >= 0.6 is 0 Å². The summed E-state index contributed by atoms with van der Waals surface area (Å²) in [5.74, 6) is -1.96. The topological polar surface area (TPSA) is 196 Å². The fourth-order valence-electron chi connectivity index (χ4n) is 0. The molecule has 0 aliphatic carbocycles. The van der Waals surface area contributed by atoms with E-state index in [2.05, 4.69) is 13.2 Å². The number of hydrogen-bond acceptors (Lipinski definition) is 8. The summed E-state index contributed by atoms with van der Waals surface area (Å²) in [4.78, 5) is 18.5. The van der Waals surface area contributed by atoms with Crippen LogP contribution in [0.4, 0.5) is 0 Å². The molecule has 10 heteroatoms. The van der Waals surface area contributed by atoms with Gasteiger partial charge in [-0.05, 0) is 20.8 Å². The van der Waals surface area contributed by atoms with E-state index in [1.54, 1.807) is 0 Å². The van der Waals surface area contributed by atoms with Crippen molar-refractivity contribution in [3.8, 4) is 0 Å². The van der Waals surface area contributed by atoms with Crippen molar-refractivity contribution in [3.05, 3.63) is 25.3 Å². The first-order valence-electron chi connectivity index (χ1n) is 6.93. The first kappa shape index (κ1) is 34.5. The Labute approximate surface area is 147 Å². The Bertz CT molecular complexity index is 264. The van der Waals surface area contributed by atoms with E-state index in [1.807, 2.05) is 0 Å². The first-order valence-corrected chi connectivity index (χ1v) is 6.93. The quantitative estimate of drug-likeness (QED) is 0.265. The highest BCUT2D eigenvalue weighted by Crippen LogP contribution is 1.69. The molecule has 3 unspecified atom stereocenters. The Kier molecular flexibility index (Phi) is 41.5. The fraction of sp³-hybridized carbons (Fsp3) is 0.600. The fourth-order valence-corrected chi connectivity index (χ4v) is 0. The monoisotopic (exact) mass is 372 g/mol. The van der Waals surface area contributed by atoms with E-state index in [9.17, 15) is 9.59 Å². The SMILES string of the molecule is C=CC(=O)O.C=CC(=O)O.CC(O)CO.CC(O)CO.CC(O)CO. The molecule has 3 atom stereocenters. The number of aliphatic carboxylic acids is 2. The maximum absolute atomic E-state index is 9.25.